The Bertz CT molecular complexity index is 1290. The van der Waals surface area contributed by atoms with Crippen molar-refractivity contribution in [3.63, 3.8) is 0 Å². The first-order chi connectivity index (χ1) is 35.5. The Morgan fingerprint density at radius 2 is 0.542 bits per heavy atom. The predicted molar refractivity (Wildman–Crippen MR) is 312 cm³/mol. The summed E-state index contributed by atoms with van der Waals surface area (Å²) in [5.41, 5.74) is 0. The molecule has 6 nitrogen and oxygen atoms in total. The van der Waals surface area contributed by atoms with Gasteiger partial charge < -0.3 is 14.2 Å². The van der Waals surface area contributed by atoms with E-state index in [2.05, 4.69) is 81.5 Å². The molecule has 0 aliphatic rings. The van der Waals surface area contributed by atoms with E-state index in [0.29, 0.717) is 19.3 Å². The van der Waals surface area contributed by atoms with E-state index in [0.717, 1.165) is 96.3 Å². The lowest BCUT2D eigenvalue weighted by Crippen LogP contribution is -2.30. The molecule has 1 atom stereocenters. The average Bonchev–Trinajstić information content (AvgIpc) is 3.38. The molecule has 0 aromatic rings. The molecule has 0 aliphatic carbocycles. The van der Waals surface area contributed by atoms with Gasteiger partial charge >= 0.3 is 17.9 Å². The molecule has 0 bridgehead atoms. The highest BCUT2D eigenvalue weighted by Gasteiger charge is 2.19. The molecule has 0 saturated heterocycles. The van der Waals surface area contributed by atoms with Gasteiger partial charge in [0.1, 0.15) is 13.2 Å². The molecular formula is C66H118O6. The van der Waals surface area contributed by atoms with E-state index in [1.165, 1.54) is 186 Å². The second-order valence-corrected chi connectivity index (χ2v) is 21.0. The molecule has 0 fully saturated rings. The maximum atomic E-state index is 12.9. The van der Waals surface area contributed by atoms with Crippen LogP contribution in [0.15, 0.2) is 60.8 Å². The lowest BCUT2D eigenvalue weighted by Gasteiger charge is -2.18. The lowest BCUT2D eigenvalue weighted by atomic mass is 10.0. The second kappa shape index (κ2) is 60.7. The molecule has 0 saturated carbocycles. The minimum Gasteiger partial charge on any atom is -0.462 e. The van der Waals surface area contributed by atoms with Gasteiger partial charge in [0, 0.05) is 19.3 Å². The fourth-order valence-corrected chi connectivity index (χ4v) is 9.12. The molecule has 6 heteroatoms. The number of unbranched alkanes of at least 4 members (excludes halogenated alkanes) is 36. The monoisotopic (exact) mass is 1010 g/mol. The second-order valence-electron chi connectivity index (χ2n) is 21.0. The molecule has 0 aliphatic heterocycles. The highest BCUT2D eigenvalue weighted by molar-refractivity contribution is 5.71. The van der Waals surface area contributed by atoms with Crippen LogP contribution >= 0.6 is 0 Å². The molecule has 1 unspecified atom stereocenters. The average molecular weight is 1010 g/mol. The maximum absolute atomic E-state index is 12.9. The number of esters is 3. The molecule has 0 heterocycles. The smallest absolute Gasteiger partial charge is 0.306 e. The van der Waals surface area contributed by atoms with E-state index < -0.39 is 6.10 Å². The largest absolute Gasteiger partial charge is 0.462 e. The summed E-state index contributed by atoms with van der Waals surface area (Å²) in [6.07, 6.45) is 76.6. The first-order valence-electron chi connectivity index (χ1n) is 31.3. The minimum absolute atomic E-state index is 0.0737. The number of carbonyl (C=O) groups is 3. The third kappa shape index (κ3) is 58.0. The summed E-state index contributed by atoms with van der Waals surface area (Å²) in [5, 5.41) is 0. The molecule has 0 rings (SSSR count). The molecule has 0 spiro atoms. The Hall–Kier alpha value is -2.89. The minimum atomic E-state index is -0.775. The van der Waals surface area contributed by atoms with Crippen LogP contribution in [-0.4, -0.2) is 37.2 Å². The van der Waals surface area contributed by atoms with Crippen LogP contribution in [0.25, 0.3) is 0 Å². The van der Waals surface area contributed by atoms with Gasteiger partial charge in [0.15, 0.2) is 6.10 Å². The molecule has 0 aromatic heterocycles. The van der Waals surface area contributed by atoms with Crippen LogP contribution in [0, 0.1) is 0 Å². The standard InChI is InChI=1S/C66H118O6/c1-4-7-10-13-16-19-21-23-25-27-29-31-33-35-36-38-40-42-44-47-50-53-56-59-65(68)71-62-63(61-70-64(67)58-55-52-49-46-18-15-12-9-6-3)72-66(69)60-57-54-51-48-45-43-41-39-37-34-32-30-28-26-24-22-20-17-14-11-8-5-2/h7,10,16,19,23,25,29,31,35-36,63H,4-6,8-9,11-15,17-18,20-22,24,26-28,30,32-34,37-62H2,1-3H3/b10-7-,19-16-,25-23-,31-29-,36-35-. The van der Waals surface area contributed by atoms with Crippen molar-refractivity contribution >= 4 is 17.9 Å². The SMILES string of the molecule is CC/C=C\C/C=C\C/C=C\C/C=C\C/C=C\CCCCCCCCCC(=O)OCC(COC(=O)CCCCCCCCCCC)OC(=O)CCCCCCCCCCCCCCCCCCCCCCCC. The number of carbonyl (C=O) groups excluding carboxylic acids is 3. The summed E-state index contributed by atoms with van der Waals surface area (Å²) in [7, 11) is 0. The number of ether oxygens (including phenoxy) is 3. The van der Waals surface area contributed by atoms with Crippen LogP contribution in [0.5, 0.6) is 0 Å². The lowest BCUT2D eigenvalue weighted by molar-refractivity contribution is -0.167. The van der Waals surface area contributed by atoms with E-state index in [4.69, 9.17) is 14.2 Å². The third-order valence-electron chi connectivity index (χ3n) is 13.8. The van der Waals surface area contributed by atoms with Crippen molar-refractivity contribution in [2.45, 2.75) is 329 Å². The van der Waals surface area contributed by atoms with Gasteiger partial charge in [0.2, 0.25) is 0 Å². The van der Waals surface area contributed by atoms with Crippen LogP contribution < -0.4 is 0 Å². The van der Waals surface area contributed by atoms with Crippen molar-refractivity contribution < 1.29 is 28.6 Å². The molecule has 0 N–H and O–H groups in total. The number of rotatable bonds is 57. The van der Waals surface area contributed by atoms with Crippen LogP contribution in [0.2, 0.25) is 0 Å². The van der Waals surface area contributed by atoms with Crippen molar-refractivity contribution in [1.82, 2.24) is 0 Å². The van der Waals surface area contributed by atoms with Crippen molar-refractivity contribution in [3.05, 3.63) is 60.8 Å². The quantitative estimate of drug-likeness (QED) is 0.0261. The first-order valence-corrected chi connectivity index (χ1v) is 31.3. The summed E-state index contributed by atoms with van der Waals surface area (Å²) < 4.78 is 16.9. The van der Waals surface area contributed by atoms with Gasteiger partial charge in [-0.25, -0.2) is 0 Å². The molecule has 0 radical (unpaired) electrons. The van der Waals surface area contributed by atoms with Crippen molar-refractivity contribution in [3.8, 4) is 0 Å². The zero-order chi connectivity index (χ0) is 52.2. The van der Waals surface area contributed by atoms with Gasteiger partial charge in [-0.3, -0.25) is 14.4 Å². The topological polar surface area (TPSA) is 78.9 Å². The summed E-state index contributed by atoms with van der Waals surface area (Å²) in [6, 6.07) is 0. The predicted octanol–water partition coefficient (Wildman–Crippen LogP) is 21.2. The van der Waals surface area contributed by atoms with E-state index in [1.54, 1.807) is 0 Å². The highest BCUT2D eigenvalue weighted by Crippen LogP contribution is 2.17. The molecule has 0 amide bonds. The first kappa shape index (κ1) is 69.1. The Balaban J connectivity index is 4.22. The van der Waals surface area contributed by atoms with Gasteiger partial charge in [-0.1, -0.05) is 300 Å². The number of allylic oxidation sites excluding steroid dienone is 10. The summed E-state index contributed by atoms with van der Waals surface area (Å²) >= 11 is 0. The molecule has 72 heavy (non-hydrogen) atoms. The third-order valence-corrected chi connectivity index (χ3v) is 13.8. The van der Waals surface area contributed by atoms with Crippen LogP contribution in [0.1, 0.15) is 323 Å². The van der Waals surface area contributed by atoms with E-state index in [1.807, 2.05) is 0 Å². The Morgan fingerprint density at radius 3 is 0.847 bits per heavy atom. The zero-order valence-corrected chi connectivity index (χ0v) is 47.9. The zero-order valence-electron chi connectivity index (χ0n) is 47.9. The van der Waals surface area contributed by atoms with E-state index in [9.17, 15) is 14.4 Å². The van der Waals surface area contributed by atoms with Crippen molar-refractivity contribution in [2.24, 2.45) is 0 Å². The van der Waals surface area contributed by atoms with Gasteiger partial charge in [-0.15, -0.1) is 0 Å². The van der Waals surface area contributed by atoms with Gasteiger partial charge in [0.25, 0.3) is 0 Å². The van der Waals surface area contributed by atoms with Crippen molar-refractivity contribution in [1.29, 1.82) is 0 Å². The fourth-order valence-electron chi connectivity index (χ4n) is 9.12. The van der Waals surface area contributed by atoms with Crippen LogP contribution in [0.3, 0.4) is 0 Å². The van der Waals surface area contributed by atoms with Gasteiger partial charge in [-0.2, -0.15) is 0 Å². The normalized spacial score (nSPS) is 12.4. The Morgan fingerprint density at radius 1 is 0.292 bits per heavy atom. The number of hydrogen-bond donors (Lipinski definition) is 0. The summed E-state index contributed by atoms with van der Waals surface area (Å²) in [5.74, 6) is -0.871. The Labute approximate surface area is 447 Å². The van der Waals surface area contributed by atoms with Gasteiger partial charge in [-0.05, 0) is 64.2 Å². The summed E-state index contributed by atoms with van der Waals surface area (Å²) in [6.45, 7) is 6.54. The van der Waals surface area contributed by atoms with Crippen LogP contribution in [-0.2, 0) is 28.6 Å². The van der Waals surface area contributed by atoms with Crippen LogP contribution in [0.4, 0.5) is 0 Å². The highest BCUT2D eigenvalue weighted by atomic mass is 16.6. The fraction of sp³-hybridized carbons (Fsp3) is 0.803. The summed E-state index contributed by atoms with van der Waals surface area (Å²) in [4.78, 5) is 38.2. The van der Waals surface area contributed by atoms with E-state index >= 15 is 0 Å². The maximum Gasteiger partial charge on any atom is 0.306 e. The number of hydrogen-bond acceptors (Lipinski definition) is 6. The molecule has 0 aromatic carbocycles. The van der Waals surface area contributed by atoms with Crippen molar-refractivity contribution in [2.75, 3.05) is 13.2 Å². The van der Waals surface area contributed by atoms with Gasteiger partial charge in [0.05, 0.1) is 0 Å². The molecule has 418 valence electrons. The van der Waals surface area contributed by atoms with E-state index in [-0.39, 0.29) is 31.1 Å². The molecular weight excluding hydrogens is 889 g/mol. The Kier molecular flexibility index (Phi) is 58.2.